The fourth-order valence-corrected chi connectivity index (χ4v) is 1.88. The van der Waals surface area contributed by atoms with Crippen LogP contribution in [0.4, 0.5) is 5.69 Å². The Morgan fingerprint density at radius 1 is 1.40 bits per heavy atom. The van der Waals surface area contributed by atoms with Crippen LogP contribution in [0.3, 0.4) is 0 Å². The topological polar surface area (TPSA) is 21.3 Å². The second-order valence-corrected chi connectivity index (χ2v) is 4.68. The van der Waals surface area contributed by atoms with Gasteiger partial charge in [0.05, 0.1) is 12.7 Å². The Bertz CT molecular complexity index is 312. The molecule has 0 saturated carbocycles. The van der Waals surface area contributed by atoms with Crippen molar-refractivity contribution in [1.29, 1.82) is 0 Å². The van der Waals surface area contributed by atoms with Gasteiger partial charge in [0.25, 0.3) is 0 Å². The maximum absolute atomic E-state index is 5.45. The molecular formula is C12H18BrNO. The zero-order chi connectivity index (χ0) is 11.3. The molecule has 0 amide bonds. The number of hydrogen-bond donors (Lipinski definition) is 1. The first-order chi connectivity index (χ1) is 7.09. The number of anilines is 1. The van der Waals surface area contributed by atoms with Crippen LogP contribution in [0, 0.1) is 6.92 Å². The molecule has 0 heterocycles. The van der Waals surface area contributed by atoms with Crippen LogP contribution in [0.5, 0.6) is 0 Å². The van der Waals surface area contributed by atoms with E-state index in [2.05, 4.69) is 46.4 Å². The van der Waals surface area contributed by atoms with Gasteiger partial charge in [-0.05, 0) is 54.4 Å². The van der Waals surface area contributed by atoms with Crippen molar-refractivity contribution in [2.75, 3.05) is 18.5 Å². The third kappa shape index (κ3) is 4.67. The number of nitrogens with one attached hydrogen (secondary N) is 1. The van der Waals surface area contributed by atoms with E-state index >= 15 is 0 Å². The average molecular weight is 272 g/mol. The quantitative estimate of drug-likeness (QED) is 0.827. The van der Waals surface area contributed by atoms with Crippen LogP contribution < -0.4 is 5.32 Å². The summed E-state index contributed by atoms with van der Waals surface area (Å²) in [7, 11) is 0. The van der Waals surface area contributed by atoms with Gasteiger partial charge in [0.1, 0.15) is 0 Å². The zero-order valence-corrected chi connectivity index (χ0v) is 11.1. The summed E-state index contributed by atoms with van der Waals surface area (Å²) in [5, 5.41) is 3.32. The molecule has 0 unspecified atom stereocenters. The van der Waals surface area contributed by atoms with Gasteiger partial charge in [-0.1, -0.05) is 6.07 Å². The monoisotopic (exact) mass is 271 g/mol. The van der Waals surface area contributed by atoms with Crippen LogP contribution >= 0.6 is 15.9 Å². The predicted molar refractivity (Wildman–Crippen MR) is 68.5 cm³/mol. The van der Waals surface area contributed by atoms with Crippen LogP contribution in [-0.4, -0.2) is 19.3 Å². The van der Waals surface area contributed by atoms with Gasteiger partial charge in [-0.15, -0.1) is 0 Å². The van der Waals surface area contributed by atoms with E-state index < -0.39 is 0 Å². The zero-order valence-electron chi connectivity index (χ0n) is 9.51. The lowest BCUT2D eigenvalue weighted by molar-refractivity contribution is 0.0870. The highest BCUT2D eigenvalue weighted by Crippen LogP contribution is 2.22. The molecule has 0 saturated heterocycles. The van der Waals surface area contributed by atoms with Gasteiger partial charge < -0.3 is 10.1 Å². The van der Waals surface area contributed by atoms with Gasteiger partial charge in [0, 0.05) is 16.7 Å². The van der Waals surface area contributed by atoms with Gasteiger partial charge in [-0.3, -0.25) is 0 Å². The van der Waals surface area contributed by atoms with Crippen molar-refractivity contribution in [3.05, 3.63) is 28.2 Å². The van der Waals surface area contributed by atoms with Crippen LogP contribution in [-0.2, 0) is 4.74 Å². The van der Waals surface area contributed by atoms with E-state index in [1.165, 1.54) is 5.56 Å². The number of hydrogen-bond acceptors (Lipinski definition) is 2. The lowest BCUT2D eigenvalue weighted by atomic mass is 10.2. The normalized spacial score (nSPS) is 10.7. The highest BCUT2D eigenvalue weighted by molar-refractivity contribution is 9.10. The summed E-state index contributed by atoms with van der Waals surface area (Å²) in [6.07, 6.45) is 0.299. The number of aryl methyl sites for hydroxylation is 1. The molecule has 0 atom stereocenters. The molecule has 0 aromatic heterocycles. The number of ether oxygens (including phenoxy) is 1. The minimum atomic E-state index is 0.299. The summed E-state index contributed by atoms with van der Waals surface area (Å²) in [4.78, 5) is 0. The van der Waals surface area contributed by atoms with E-state index in [4.69, 9.17) is 4.74 Å². The fraction of sp³-hybridized carbons (Fsp3) is 0.500. The molecule has 0 aliphatic carbocycles. The van der Waals surface area contributed by atoms with Crippen molar-refractivity contribution in [2.45, 2.75) is 26.9 Å². The largest absolute Gasteiger partial charge is 0.382 e. The molecular weight excluding hydrogens is 254 g/mol. The van der Waals surface area contributed by atoms with Gasteiger partial charge in [0.15, 0.2) is 0 Å². The molecule has 1 rings (SSSR count). The van der Waals surface area contributed by atoms with Gasteiger partial charge in [-0.25, -0.2) is 0 Å². The standard InChI is InChI=1S/C12H18BrNO/c1-9(2)15-7-6-14-12-5-4-10(3)8-11(12)13/h4-5,8-9,14H,6-7H2,1-3H3. The predicted octanol–water partition coefficient (Wildman–Crippen LogP) is 3.59. The summed E-state index contributed by atoms with van der Waals surface area (Å²) < 4.78 is 6.55. The van der Waals surface area contributed by atoms with E-state index in [0.717, 1.165) is 23.3 Å². The highest BCUT2D eigenvalue weighted by atomic mass is 79.9. The van der Waals surface area contributed by atoms with Crippen molar-refractivity contribution >= 4 is 21.6 Å². The lowest BCUT2D eigenvalue weighted by Crippen LogP contribution is -2.13. The first kappa shape index (κ1) is 12.5. The molecule has 0 spiro atoms. The van der Waals surface area contributed by atoms with Crippen LogP contribution in [0.1, 0.15) is 19.4 Å². The van der Waals surface area contributed by atoms with Crippen molar-refractivity contribution in [3.8, 4) is 0 Å². The van der Waals surface area contributed by atoms with Crippen molar-refractivity contribution in [2.24, 2.45) is 0 Å². The maximum atomic E-state index is 5.45. The summed E-state index contributed by atoms with van der Waals surface area (Å²) in [6, 6.07) is 6.27. The van der Waals surface area contributed by atoms with E-state index in [0.29, 0.717) is 6.10 Å². The number of benzene rings is 1. The third-order valence-electron chi connectivity index (χ3n) is 1.99. The molecule has 1 aromatic rings. The number of rotatable bonds is 5. The molecule has 1 N–H and O–H groups in total. The first-order valence-corrected chi connectivity index (χ1v) is 6.00. The van der Waals surface area contributed by atoms with E-state index in [-0.39, 0.29) is 0 Å². The minimum absolute atomic E-state index is 0.299. The van der Waals surface area contributed by atoms with E-state index in [1.807, 2.05) is 13.8 Å². The van der Waals surface area contributed by atoms with Crippen molar-refractivity contribution in [1.82, 2.24) is 0 Å². The van der Waals surface area contributed by atoms with E-state index in [9.17, 15) is 0 Å². The first-order valence-electron chi connectivity index (χ1n) is 5.21. The van der Waals surface area contributed by atoms with E-state index in [1.54, 1.807) is 0 Å². The Balaban J connectivity index is 2.37. The molecule has 0 radical (unpaired) electrons. The molecule has 84 valence electrons. The molecule has 1 aromatic carbocycles. The van der Waals surface area contributed by atoms with Gasteiger partial charge in [0.2, 0.25) is 0 Å². The fourth-order valence-electron chi connectivity index (χ4n) is 1.24. The minimum Gasteiger partial charge on any atom is -0.382 e. The molecule has 0 aliphatic rings. The summed E-state index contributed by atoms with van der Waals surface area (Å²) in [5.41, 5.74) is 2.37. The SMILES string of the molecule is Cc1ccc(NCCOC(C)C)c(Br)c1. The molecule has 0 aliphatic heterocycles. The Morgan fingerprint density at radius 2 is 2.13 bits per heavy atom. The highest BCUT2D eigenvalue weighted by Gasteiger charge is 1.99. The molecule has 3 heteroatoms. The molecule has 0 fully saturated rings. The summed E-state index contributed by atoms with van der Waals surface area (Å²) >= 11 is 3.52. The van der Waals surface area contributed by atoms with Crippen LogP contribution in [0.15, 0.2) is 22.7 Å². The number of halogens is 1. The Labute approximate surface area is 100 Å². The second-order valence-electron chi connectivity index (χ2n) is 3.83. The van der Waals surface area contributed by atoms with Crippen LogP contribution in [0.25, 0.3) is 0 Å². The Morgan fingerprint density at radius 3 is 2.73 bits per heavy atom. The summed E-state index contributed by atoms with van der Waals surface area (Å²) in [6.45, 7) is 7.73. The third-order valence-corrected chi connectivity index (χ3v) is 2.65. The Hall–Kier alpha value is -0.540. The van der Waals surface area contributed by atoms with Gasteiger partial charge in [-0.2, -0.15) is 0 Å². The summed E-state index contributed by atoms with van der Waals surface area (Å²) in [5.74, 6) is 0. The van der Waals surface area contributed by atoms with Gasteiger partial charge >= 0.3 is 0 Å². The molecule has 2 nitrogen and oxygen atoms in total. The molecule has 15 heavy (non-hydrogen) atoms. The van der Waals surface area contributed by atoms with Crippen molar-refractivity contribution in [3.63, 3.8) is 0 Å². The van der Waals surface area contributed by atoms with Crippen LogP contribution in [0.2, 0.25) is 0 Å². The lowest BCUT2D eigenvalue weighted by Gasteiger charge is -2.11. The molecule has 0 bridgehead atoms. The van der Waals surface area contributed by atoms with Crippen molar-refractivity contribution < 1.29 is 4.74 Å². The second kappa shape index (κ2) is 6.13. The Kier molecular flexibility index (Phi) is 5.12. The maximum Gasteiger partial charge on any atom is 0.0642 e. The average Bonchev–Trinajstić information content (AvgIpc) is 2.14. The smallest absolute Gasteiger partial charge is 0.0642 e.